The second-order valence-corrected chi connectivity index (χ2v) is 4.10. The molecule has 16 heavy (non-hydrogen) atoms. The van der Waals surface area contributed by atoms with E-state index in [1.54, 1.807) is 4.68 Å². The van der Waals surface area contributed by atoms with E-state index in [-0.39, 0.29) is 12.4 Å². The van der Waals surface area contributed by atoms with Crippen LogP contribution in [0.1, 0.15) is 26.6 Å². The van der Waals surface area contributed by atoms with E-state index in [0.29, 0.717) is 18.9 Å². The average Bonchev–Trinajstić information content (AvgIpc) is 2.62. The molecule has 90 valence electrons. The first-order valence-electron chi connectivity index (χ1n) is 5.59. The van der Waals surface area contributed by atoms with Crippen LogP contribution >= 0.6 is 0 Å². The zero-order valence-corrected chi connectivity index (χ0v) is 10.1. The second-order valence-electron chi connectivity index (χ2n) is 4.10. The lowest BCUT2D eigenvalue weighted by Gasteiger charge is -2.07. The minimum absolute atomic E-state index is 0.0415. The predicted octanol–water partition coefficient (Wildman–Crippen LogP) is 1.08. The number of hydrogen-bond donors (Lipinski definition) is 0. The topological polar surface area (TPSA) is 57.0 Å². The summed E-state index contributed by atoms with van der Waals surface area (Å²) in [6.45, 7) is 7.59. The maximum Gasteiger partial charge on any atom is 0.166 e. The van der Waals surface area contributed by atoms with Crippen molar-refractivity contribution in [2.24, 2.45) is 5.92 Å². The summed E-state index contributed by atoms with van der Waals surface area (Å²) in [6, 6.07) is 0. The van der Waals surface area contributed by atoms with Crippen LogP contribution in [0.4, 0.5) is 0 Å². The number of carbonyl (C=O) groups excluding carboxylic acids is 1. The number of nitrogens with zero attached hydrogens (tertiary/aromatic N) is 3. The van der Waals surface area contributed by atoms with Crippen molar-refractivity contribution >= 4 is 5.78 Å². The van der Waals surface area contributed by atoms with Crippen molar-refractivity contribution in [3.05, 3.63) is 12.2 Å². The van der Waals surface area contributed by atoms with Crippen LogP contribution in [-0.4, -0.2) is 33.8 Å². The number of hydrogen-bond acceptors (Lipinski definition) is 4. The maximum atomic E-state index is 11.5. The van der Waals surface area contributed by atoms with Crippen molar-refractivity contribution in [2.45, 2.75) is 33.7 Å². The van der Waals surface area contributed by atoms with Crippen molar-refractivity contribution in [2.75, 3.05) is 13.2 Å². The monoisotopic (exact) mass is 225 g/mol. The van der Waals surface area contributed by atoms with Gasteiger partial charge in [0.25, 0.3) is 0 Å². The quantitative estimate of drug-likeness (QED) is 0.697. The van der Waals surface area contributed by atoms with Gasteiger partial charge in [0.1, 0.15) is 18.8 Å². The van der Waals surface area contributed by atoms with Gasteiger partial charge in [0.05, 0.1) is 6.42 Å². The Labute approximate surface area is 95.8 Å². The summed E-state index contributed by atoms with van der Waals surface area (Å²) in [5.41, 5.74) is 0. The first kappa shape index (κ1) is 12.8. The summed E-state index contributed by atoms with van der Waals surface area (Å²) in [5.74, 6) is 1.25. The Hall–Kier alpha value is -1.23. The third kappa shape index (κ3) is 4.10. The summed E-state index contributed by atoms with van der Waals surface area (Å²) < 4.78 is 6.84. The molecule has 1 rings (SSSR count). The van der Waals surface area contributed by atoms with Crippen LogP contribution in [0.5, 0.6) is 0 Å². The predicted molar refractivity (Wildman–Crippen MR) is 60.1 cm³/mol. The fourth-order valence-electron chi connectivity index (χ4n) is 1.37. The Morgan fingerprint density at radius 3 is 2.94 bits per heavy atom. The van der Waals surface area contributed by atoms with E-state index < -0.39 is 0 Å². The van der Waals surface area contributed by atoms with E-state index in [1.807, 2.05) is 6.92 Å². The largest absolute Gasteiger partial charge is 0.374 e. The molecule has 1 heterocycles. The van der Waals surface area contributed by atoms with E-state index in [1.165, 1.54) is 6.33 Å². The van der Waals surface area contributed by atoms with Crippen LogP contribution in [0.2, 0.25) is 0 Å². The third-order valence-corrected chi connectivity index (χ3v) is 2.06. The number of ether oxygens (including phenoxy) is 1. The summed E-state index contributed by atoms with van der Waals surface area (Å²) in [4.78, 5) is 15.6. The van der Waals surface area contributed by atoms with Gasteiger partial charge in [-0.05, 0) is 12.8 Å². The van der Waals surface area contributed by atoms with Gasteiger partial charge in [0, 0.05) is 13.2 Å². The minimum Gasteiger partial charge on any atom is -0.374 e. The molecule has 0 atom stereocenters. The first-order chi connectivity index (χ1) is 7.63. The Kier molecular flexibility index (Phi) is 5.11. The maximum absolute atomic E-state index is 11.5. The molecule has 0 unspecified atom stereocenters. The van der Waals surface area contributed by atoms with Crippen molar-refractivity contribution < 1.29 is 9.53 Å². The molecule has 0 aliphatic heterocycles. The van der Waals surface area contributed by atoms with Gasteiger partial charge in [-0.3, -0.25) is 4.79 Å². The molecular weight excluding hydrogens is 206 g/mol. The molecule has 1 aromatic heterocycles. The molecule has 0 N–H and O–H groups in total. The molecule has 0 spiro atoms. The van der Waals surface area contributed by atoms with Crippen LogP contribution in [-0.2, 0) is 22.5 Å². The zero-order valence-electron chi connectivity index (χ0n) is 10.1. The highest BCUT2D eigenvalue weighted by molar-refractivity contribution is 5.81. The Balaban J connectivity index is 2.52. The third-order valence-electron chi connectivity index (χ3n) is 2.06. The highest BCUT2D eigenvalue weighted by atomic mass is 16.5. The molecule has 0 saturated heterocycles. The molecule has 5 nitrogen and oxygen atoms in total. The Bertz CT molecular complexity index is 334. The van der Waals surface area contributed by atoms with Crippen LogP contribution in [0.25, 0.3) is 0 Å². The minimum atomic E-state index is 0.0415. The molecule has 0 aliphatic carbocycles. The molecule has 0 amide bonds. The fourth-order valence-corrected chi connectivity index (χ4v) is 1.37. The highest BCUT2D eigenvalue weighted by Gasteiger charge is 2.10. The lowest BCUT2D eigenvalue weighted by molar-refractivity contribution is -0.122. The number of aromatic nitrogens is 3. The van der Waals surface area contributed by atoms with Gasteiger partial charge < -0.3 is 4.74 Å². The van der Waals surface area contributed by atoms with E-state index in [2.05, 4.69) is 23.9 Å². The van der Waals surface area contributed by atoms with Gasteiger partial charge in [-0.2, -0.15) is 5.10 Å². The Morgan fingerprint density at radius 2 is 2.31 bits per heavy atom. The van der Waals surface area contributed by atoms with Gasteiger partial charge in [-0.1, -0.05) is 13.8 Å². The van der Waals surface area contributed by atoms with Crippen LogP contribution in [0, 0.1) is 5.92 Å². The summed E-state index contributed by atoms with van der Waals surface area (Å²) in [6.07, 6.45) is 1.79. The van der Waals surface area contributed by atoms with Crippen molar-refractivity contribution in [3.8, 4) is 0 Å². The molecule has 1 aromatic rings. The lowest BCUT2D eigenvalue weighted by Crippen LogP contribution is -2.17. The van der Waals surface area contributed by atoms with Crippen molar-refractivity contribution in [3.63, 3.8) is 0 Å². The van der Waals surface area contributed by atoms with Crippen LogP contribution < -0.4 is 0 Å². The lowest BCUT2D eigenvalue weighted by atomic mass is 10.2. The highest BCUT2D eigenvalue weighted by Crippen LogP contribution is 2.02. The van der Waals surface area contributed by atoms with Gasteiger partial charge >= 0.3 is 0 Å². The van der Waals surface area contributed by atoms with Gasteiger partial charge in [-0.25, -0.2) is 9.67 Å². The number of carbonyl (C=O) groups is 1. The van der Waals surface area contributed by atoms with E-state index in [9.17, 15) is 4.79 Å². The van der Waals surface area contributed by atoms with E-state index in [0.717, 1.165) is 12.4 Å². The van der Waals surface area contributed by atoms with Crippen LogP contribution in [0.15, 0.2) is 6.33 Å². The Morgan fingerprint density at radius 1 is 1.56 bits per heavy atom. The van der Waals surface area contributed by atoms with Crippen LogP contribution in [0.3, 0.4) is 0 Å². The second kappa shape index (κ2) is 6.37. The van der Waals surface area contributed by atoms with Crippen molar-refractivity contribution in [1.82, 2.24) is 14.8 Å². The number of Topliss-reactive ketones (excluding diaryl/α,β-unsaturated/α-hetero) is 1. The molecular formula is C11H19N3O2. The fraction of sp³-hybridized carbons (Fsp3) is 0.727. The number of ketones is 1. The summed E-state index contributed by atoms with van der Waals surface area (Å²) >= 11 is 0. The van der Waals surface area contributed by atoms with E-state index >= 15 is 0 Å². The van der Waals surface area contributed by atoms with Gasteiger partial charge in [0.15, 0.2) is 5.78 Å². The molecule has 0 aliphatic rings. The SMILES string of the molecule is CCOCC(=O)Cc1ncnn1CC(C)C. The molecule has 5 heteroatoms. The smallest absolute Gasteiger partial charge is 0.166 e. The van der Waals surface area contributed by atoms with Gasteiger partial charge in [0.2, 0.25) is 0 Å². The molecule has 0 bridgehead atoms. The van der Waals surface area contributed by atoms with Crippen molar-refractivity contribution in [1.29, 1.82) is 0 Å². The van der Waals surface area contributed by atoms with Gasteiger partial charge in [-0.15, -0.1) is 0 Å². The normalized spacial score (nSPS) is 11.0. The summed E-state index contributed by atoms with van der Waals surface area (Å²) in [5, 5.41) is 4.10. The first-order valence-corrected chi connectivity index (χ1v) is 5.59. The standard InChI is InChI=1S/C11H19N3O2/c1-4-16-7-10(15)5-11-12-8-13-14(11)6-9(2)3/h8-9H,4-7H2,1-3H3. The average molecular weight is 225 g/mol. The number of rotatable bonds is 7. The molecule has 0 saturated carbocycles. The molecule has 0 aromatic carbocycles. The molecule has 0 fully saturated rings. The summed E-state index contributed by atoms with van der Waals surface area (Å²) in [7, 11) is 0. The van der Waals surface area contributed by atoms with E-state index in [4.69, 9.17) is 4.74 Å². The molecule has 0 radical (unpaired) electrons. The zero-order chi connectivity index (χ0) is 12.0.